The van der Waals surface area contributed by atoms with Gasteiger partial charge >= 0.3 is 0 Å². The zero-order valence-electron chi connectivity index (χ0n) is 13.9. The third-order valence-electron chi connectivity index (χ3n) is 3.56. The van der Waals surface area contributed by atoms with Crippen LogP contribution in [0.3, 0.4) is 0 Å². The highest BCUT2D eigenvalue weighted by atomic mass is 35.5. The van der Waals surface area contributed by atoms with Crippen LogP contribution in [0.25, 0.3) is 0 Å². The zero-order valence-corrected chi connectivity index (χ0v) is 14.7. The molecule has 0 heterocycles. The van der Waals surface area contributed by atoms with Crippen molar-refractivity contribution in [1.29, 1.82) is 0 Å². The number of anilines is 2. The first-order chi connectivity index (χ1) is 11.0. The van der Waals surface area contributed by atoms with Gasteiger partial charge in [-0.3, -0.25) is 0 Å². The highest BCUT2D eigenvalue weighted by Crippen LogP contribution is 2.32. The minimum Gasteiger partial charge on any atom is -0.497 e. The summed E-state index contributed by atoms with van der Waals surface area (Å²) in [5.74, 6) is 0.829. The molecule has 0 aromatic heterocycles. The molecule has 0 saturated carbocycles. The van der Waals surface area contributed by atoms with Crippen LogP contribution in [0.15, 0.2) is 41.4 Å². The first-order valence-corrected chi connectivity index (χ1v) is 7.87. The number of benzene rings is 2. The Morgan fingerprint density at radius 2 is 1.96 bits per heavy atom. The van der Waals surface area contributed by atoms with E-state index in [0.29, 0.717) is 5.02 Å². The second kappa shape index (κ2) is 7.88. The Labute approximate surface area is 142 Å². The minimum atomic E-state index is 0.618. The molecule has 0 radical (unpaired) electrons. The summed E-state index contributed by atoms with van der Waals surface area (Å²) in [6.07, 6.45) is 1.79. The van der Waals surface area contributed by atoms with Crippen molar-refractivity contribution < 1.29 is 4.74 Å². The molecular formula is C18H22ClN3O. The maximum atomic E-state index is 6.35. The fourth-order valence-corrected chi connectivity index (χ4v) is 2.18. The predicted molar refractivity (Wildman–Crippen MR) is 98.9 cm³/mol. The largest absolute Gasteiger partial charge is 0.497 e. The van der Waals surface area contributed by atoms with E-state index >= 15 is 0 Å². The number of hydrogen-bond acceptors (Lipinski definition) is 3. The Bertz CT molecular complexity index is 683. The van der Waals surface area contributed by atoms with Crippen LogP contribution >= 0.6 is 11.6 Å². The Kier molecular flexibility index (Phi) is 5.88. The zero-order chi connectivity index (χ0) is 16.8. The normalized spacial score (nSPS) is 10.8. The third-order valence-corrected chi connectivity index (χ3v) is 3.86. The number of rotatable bonds is 6. The first kappa shape index (κ1) is 17.2. The summed E-state index contributed by atoms with van der Waals surface area (Å²) in [4.78, 5) is 6.43. The van der Waals surface area contributed by atoms with Gasteiger partial charge in [0, 0.05) is 25.0 Å². The van der Waals surface area contributed by atoms with Crippen LogP contribution in [0.2, 0.25) is 5.02 Å². The fraction of sp³-hybridized carbons (Fsp3) is 0.278. The third kappa shape index (κ3) is 4.63. The van der Waals surface area contributed by atoms with Crippen molar-refractivity contribution in [1.82, 2.24) is 4.90 Å². The van der Waals surface area contributed by atoms with E-state index in [1.165, 1.54) is 0 Å². The molecule has 122 valence electrons. The standard InChI is InChI=1S/C18H22ClN3O/c1-5-22(3)12-20-18-10-13(2)17(11-16(18)19)21-14-6-8-15(23-4)9-7-14/h6-12,21H,5H2,1-4H3/b20-12-. The van der Waals surface area contributed by atoms with E-state index in [1.807, 2.05) is 55.3 Å². The number of nitrogens with one attached hydrogen (secondary N) is 1. The molecule has 0 aliphatic carbocycles. The number of halogens is 1. The first-order valence-electron chi connectivity index (χ1n) is 7.49. The van der Waals surface area contributed by atoms with Gasteiger partial charge in [-0.05, 0) is 55.8 Å². The molecule has 0 saturated heterocycles. The summed E-state index contributed by atoms with van der Waals surface area (Å²) >= 11 is 6.35. The molecule has 0 unspecified atom stereocenters. The molecule has 0 aliphatic heterocycles. The molecule has 2 aromatic carbocycles. The molecule has 2 aromatic rings. The monoisotopic (exact) mass is 331 g/mol. The van der Waals surface area contributed by atoms with Crippen molar-refractivity contribution in [2.75, 3.05) is 26.0 Å². The lowest BCUT2D eigenvalue weighted by atomic mass is 10.1. The lowest BCUT2D eigenvalue weighted by Gasteiger charge is -2.13. The quantitative estimate of drug-likeness (QED) is 0.597. The van der Waals surface area contributed by atoms with Crippen LogP contribution in [-0.2, 0) is 0 Å². The second-order valence-corrected chi connectivity index (χ2v) is 5.70. The molecular weight excluding hydrogens is 310 g/mol. The van der Waals surface area contributed by atoms with Gasteiger partial charge < -0.3 is 15.0 Å². The summed E-state index contributed by atoms with van der Waals surface area (Å²) < 4.78 is 5.16. The van der Waals surface area contributed by atoms with E-state index in [4.69, 9.17) is 16.3 Å². The molecule has 0 atom stereocenters. The van der Waals surface area contributed by atoms with Crippen molar-refractivity contribution in [3.63, 3.8) is 0 Å². The van der Waals surface area contributed by atoms with Crippen molar-refractivity contribution in [2.45, 2.75) is 13.8 Å². The number of aryl methyl sites for hydroxylation is 1. The summed E-state index contributed by atoms with van der Waals surface area (Å²) in [5.41, 5.74) is 3.79. The number of methoxy groups -OCH3 is 1. The number of nitrogens with zero attached hydrogens (tertiary/aromatic N) is 2. The van der Waals surface area contributed by atoms with E-state index < -0.39 is 0 Å². The predicted octanol–water partition coefficient (Wildman–Crippen LogP) is 5.01. The molecule has 5 heteroatoms. The fourth-order valence-electron chi connectivity index (χ4n) is 1.97. The molecule has 0 fully saturated rings. The summed E-state index contributed by atoms with van der Waals surface area (Å²) in [6, 6.07) is 11.6. The minimum absolute atomic E-state index is 0.618. The van der Waals surface area contributed by atoms with Crippen molar-refractivity contribution in [3.8, 4) is 5.75 Å². The van der Waals surface area contributed by atoms with Gasteiger partial charge in [0.15, 0.2) is 0 Å². The Hall–Kier alpha value is -2.20. The average Bonchev–Trinajstić information content (AvgIpc) is 2.57. The highest BCUT2D eigenvalue weighted by molar-refractivity contribution is 6.33. The van der Waals surface area contributed by atoms with Gasteiger partial charge in [0.2, 0.25) is 0 Å². The molecule has 0 bridgehead atoms. The lowest BCUT2D eigenvalue weighted by molar-refractivity contribution is 0.415. The molecule has 0 amide bonds. The summed E-state index contributed by atoms with van der Waals surface area (Å²) in [5, 5.41) is 3.98. The van der Waals surface area contributed by atoms with E-state index in [2.05, 4.69) is 17.2 Å². The van der Waals surface area contributed by atoms with Gasteiger partial charge in [0.1, 0.15) is 5.75 Å². The topological polar surface area (TPSA) is 36.9 Å². The van der Waals surface area contributed by atoms with Crippen molar-refractivity contribution in [2.24, 2.45) is 4.99 Å². The van der Waals surface area contributed by atoms with Gasteiger partial charge in [-0.15, -0.1) is 0 Å². The number of ether oxygens (including phenoxy) is 1. The van der Waals surface area contributed by atoms with E-state index in [1.54, 1.807) is 13.4 Å². The van der Waals surface area contributed by atoms with E-state index in [0.717, 1.165) is 34.9 Å². The number of hydrogen-bond donors (Lipinski definition) is 1. The van der Waals surface area contributed by atoms with Gasteiger partial charge in [-0.25, -0.2) is 4.99 Å². The van der Waals surface area contributed by atoms with Crippen LogP contribution in [0.5, 0.6) is 5.75 Å². The molecule has 0 aliphatic rings. The van der Waals surface area contributed by atoms with E-state index in [-0.39, 0.29) is 0 Å². The Morgan fingerprint density at radius 1 is 1.26 bits per heavy atom. The molecule has 23 heavy (non-hydrogen) atoms. The van der Waals surface area contributed by atoms with Crippen LogP contribution in [0.4, 0.5) is 17.1 Å². The highest BCUT2D eigenvalue weighted by Gasteiger charge is 2.06. The van der Waals surface area contributed by atoms with Crippen LogP contribution in [0.1, 0.15) is 12.5 Å². The maximum absolute atomic E-state index is 6.35. The second-order valence-electron chi connectivity index (χ2n) is 5.29. The smallest absolute Gasteiger partial charge is 0.119 e. The van der Waals surface area contributed by atoms with Gasteiger partial charge in [0.25, 0.3) is 0 Å². The van der Waals surface area contributed by atoms with Gasteiger partial charge in [-0.2, -0.15) is 0 Å². The van der Waals surface area contributed by atoms with Crippen LogP contribution < -0.4 is 10.1 Å². The lowest BCUT2D eigenvalue weighted by Crippen LogP contribution is -2.14. The average molecular weight is 332 g/mol. The summed E-state index contributed by atoms with van der Waals surface area (Å²) in [6.45, 7) is 5.00. The SMILES string of the molecule is CCN(C)/C=N\c1cc(C)c(Nc2ccc(OC)cc2)cc1Cl. The molecule has 0 spiro atoms. The summed E-state index contributed by atoms with van der Waals surface area (Å²) in [7, 11) is 3.63. The number of aliphatic imine (C=N–C) groups is 1. The molecule has 1 N–H and O–H groups in total. The van der Waals surface area contributed by atoms with Crippen molar-refractivity contribution in [3.05, 3.63) is 47.0 Å². The maximum Gasteiger partial charge on any atom is 0.119 e. The van der Waals surface area contributed by atoms with Crippen LogP contribution in [-0.4, -0.2) is 31.9 Å². The Balaban J connectivity index is 2.20. The molecule has 2 rings (SSSR count). The van der Waals surface area contributed by atoms with Gasteiger partial charge in [-0.1, -0.05) is 11.6 Å². The molecule has 4 nitrogen and oxygen atoms in total. The van der Waals surface area contributed by atoms with Gasteiger partial charge in [0.05, 0.1) is 24.2 Å². The van der Waals surface area contributed by atoms with E-state index in [9.17, 15) is 0 Å². The van der Waals surface area contributed by atoms with Crippen molar-refractivity contribution >= 4 is 35.0 Å². The Morgan fingerprint density at radius 3 is 2.57 bits per heavy atom. The van der Waals surface area contributed by atoms with Crippen LogP contribution in [0, 0.1) is 6.92 Å².